The zero-order valence-electron chi connectivity index (χ0n) is 12.3. The molecule has 2 heterocycles. The number of hydrogen-bond acceptors (Lipinski definition) is 1. The zero-order valence-corrected chi connectivity index (χ0v) is 13.8. The predicted molar refractivity (Wildman–Crippen MR) is 94.3 cm³/mol. The van der Waals surface area contributed by atoms with Gasteiger partial charge in [0.15, 0.2) is 0 Å². The molecule has 1 amide bonds. The molecule has 1 aliphatic heterocycles. The van der Waals surface area contributed by atoms with Gasteiger partial charge >= 0.3 is 0 Å². The number of carbonyl (C=O) groups excluding carboxylic acids is 1. The molecule has 0 unspecified atom stereocenters. The van der Waals surface area contributed by atoms with Crippen molar-refractivity contribution in [3.05, 3.63) is 58.2 Å². The van der Waals surface area contributed by atoms with Gasteiger partial charge in [0.25, 0.3) is 5.91 Å². The SMILES string of the molecule is O=C1NCCCn2c1cc1cc(Cl)cc(-c3ccc(Cl)cc3)c12. The molecule has 4 rings (SSSR count). The lowest BCUT2D eigenvalue weighted by atomic mass is 10.0. The van der Waals surface area contributed by atoms with Crippen LogP contribution >= 0.6 is 23.2 Å². The van der Waals surface area contributed by atoms with Crippen molar-refractivity contribution in [2.75, 3.05) is 6.54 Å². The molecule has 0 atom stereocenters. The van der Waals surface area contributed by atoms with Crippen molar-refractivity contribution in [3.8, 4) is 11.1 Å². The van der Waals surface area contributed by atoms with Crippen molar-refractivity contribution in [1.82, 2.24) is 9.88 Å². The van der Waals surface area contributed by atoms with Crippen molar-refractivity contribution in [2.45, 2.75) is 13.0 Å². The number of hydrogen-bond donors (Lipinski definition) is 1. The molecule has 2 aromatic carbocycles. The highest BCUT2D eigenvalue weighted by molar-refractivity contribution is 6.32. The van der Waals surface area contributed by atoms with Crippen LogP contribution in [-0.2, 0) is 6.54 Å². The summed E-state index contributed by atoms with van der Waals surface area (Å²) in [4.78, 5) is 12.3. The second-order valence-electron chi connectivity index (χ2n) is 5.69. The van der Waals surface area contributed by atoms with Crippen LogP contribution in [0, 0.1) is 0 Å². The molecule has 0 fully saturated rings. The van der Waals surface area contributed by atoms with Gasteiger partial charge in [-0.15, -0.1) is 0 Å². The first-order chi connectivity index (χ1) is 11.1. The number of nitrogens with zero attached hydrogens (tertiary/aromatic N) is 1. The molecule has 0 radical (unpaired) electrons. The van der Waals surface area contributed by atoms with Gasteiger partial charge in [-0.25, -0.2) is 0 Å². The van der Waals surface area contributed by atoms with Gasteiger partial charge in [0.05, 0.1) is 5.52 Å². The van der Waals surface area contributed by atoms with E-state index in [-0.39, 0.29) is 5.91 Å². The Balaban J connectivity index is 2.03. The first-order valence-corrected chi connectivity index (χ1v) is 8.26. The highest BCUT2D eigenvalue weighted by Gasteiger charge is 2.20. The maximum absolute atomic E-state index is 12.3. The van der Waals surface area contributed by atoms with Gasteiger partial charge in [-0.1, -0.05) is 35.3 Å². The van der Waals surface area contributed by atoms with Crippen LogP contribution in [0.4, 0.5) is 0 Å². The van der Waals surface area contributed by atoms with E-state index >= 15 is 0 Å². The van der Waals surface area contributed by atoms with Crippen LogP contribution in [0.15, 0.2) is 42.5 Å². The standard InChI is InChI=1S/C18H14Cl2N2O/c19-13-4-2-11(3-5-13)15-10-14(20)8-12-9-16-18(23)21-6-1-7-22(16)17(12)15/h2-5,8-10H,1,6-7H2,(H,21,23). The molecule has 0 saturated carbocycles. The molecule has 0 spiro atoms. The highest BCUT2D eigenvalue weighted by atomic mass is 35.5. The molecule has 1 N–H and O–H groups in total. The Bertz CT molecular complexity index is 913. The van der Waals surface area contributed by atoms with Gasteiger partial charge in [-0.2, -0.15) is 0 Å². The minimum absolute atomic E-state index is 0.0307. The van der Waals surface area contributed by atoms with Gasteiger partial charge in [0.1, 0.15) is 5.69 Å². The molecule has 1 aromatic heterocycles. The van der Waals surface area contributed by atoms with Crippen LogP contribution in [0.3, 0.4) is 0 Å². The first-order valence-electron chi connectivity index (χ1n) is 7.50. The van der Waals surface area contributed by atoms with Crippen molar-refractivity contribution in [2.24, 2.45) is 0 Å². The fraction of sp³-hybridized carbons (Fsp3) is 0.167. The van der Waals surface area contributed by atoms with E-state index in [2.05, 4.69) is 9.88 Å². The smallest absolute Gasteiger partial charge is 0.267 e. The topological polar surface area (TPSA) is 34.0 Å². The average molecular weight is 345 g/mol. The fourth-order valence-corrected chi connectivity index (χ4v) is 3.53. The van der Waals surface area contributed by atoms with Gasteiger partial charge in [-0.3, -0.25) is 4.79 Å². The number of rotatable bonds is 1. The van der Waals surface area contributed by atoms with Crippen molar-refractivity contribution in [1.29, 1.82) is 0 Å². The third-order valence-corrected chi connectivity index (χ3v) is 4.66. The molecule has 3 nitrogen and oxygen atoms in total. The molecule has 116 valence electrons. The lowest BCUT2D eigenvalue weighted by molar-refractivity contribution is 0.0951. The summed E-state index contributed by atoms with van der Waals surface area (Å²) >= 11 is 12.3. The maximum atomic E-state index is 12.3. The van der Waals surface area contributed by atoms with Gasteiger partial charge in [-0.05, 0) is 42.3 Å². The van der Waals surface area contributed by atoms with Crippen LogP contribution in [0.25, 0.3) is 22.0 Å². The Hall–Kier alpha value is -1.97. The third kappa shape index (κ3) is 2.50. The summed E-state index contributed by atoms with van der Waals surface area (Å²) in [6.07, 6.45) is 0.908. The molecule has 5 heteroatoms. The number of carbonyl (C=O) groups is 1. The van der Waals surface area contributed by atoms with Crippen LogP contribution < -0.4 is 5.32 Å². The first kappa shape index (κ1) is 14.6. The second-order valence-corrected chi connectivity index (χ2v) is 6.56. The van der Waals surface area contributed by atoms with Crippen molar-refractivity contribution in [3.63, 3.8) is 0 Å². The summed E-state index contributed by atoms with van der Waals surface area (Å²) in [6.45, 7) is 1.51. The Kier molecular flexibility index (Phi) is 3.55. The monoisotopic (exact) mass is 344 g/mol. The Labute approximate surface area is 143 Å². The molecular weight excluding hydrogens is 331 g/mol. The highest BCUT2D eigenvalue weighted by Crippen LogP contribution is 2.35. The molecule has 23 heavy (non-hydrogen) atoms. The Morgan fingerprint density at radius 3 is 2.57 bits per heavy atom. The maximum Gasteiger partial charge on any atom is 0.267 e. The quantitative estimate of drug-likeness (QED) is 0.679. The van der Waals surface area contributed by atoms with E-state index in [9.17, 15) is 4.79 Å². The molecular formula is C18H14Cl2N2O. The Morgan fingerprint density at radius 1 is 1.00 bits per heavy atom. The van der Waals surface area contributed by atoms with Gasteiger partial charge in [0.2, 0.25) is 0 Å². The summed E-state index contributed by atoms with van der Waals surface area (Å²) in [5, 5.41) is 5.26. The average Bonchev–Trinajstić information content (AvgIpc) is 2.80. The third-order valence-electron chi connectivity index (χ3n) is 4.19. The number of benzene rings is 2. The molecule has 0 saturated heterocycles. The number of nitrogens with one attached hydrogen (secondary N) is 1. The van der Waals surface area contributed by atoms with Crippen LogP contribution in [0.1, 0.15) is 16.9 Å². The number of aromatic nitrogens is 1. The minimum atomic E-state index is -0.0307. The number of amides is 1. The molecule has 0 bridgehead atoms. The predicted octanol–water partition coefficient (Wildman–Crippen LogP) is 4.75. The number of halogens is 2. The fourth-order valence-electron chi connectivity index (χ4n) is 3.18. The molecule has 1 aliphatic rings. The molecule has 0 aliphatic carbocycles. The summed E-state index contributed by atoms with van der Waals surface area (Å²) in [6, 6.07) is 13.5. The lowest BCUT2D eigenvalue weighted by Gasteiger charge is -2.11. The summed E-state index contributed by atoms with van der Waals surface area (Å²) in [5.74, 6) is -0.0307. The van der Waals surface area contributed by atoms with Gasteiger partial charge in [0, 0.05) is 34.1 Å². The van der Waals surface area contributed by atoms with E-state index in [1.807, 2.05) is 42.5 Å². The van der Waals surface area contributed by atoms with E-state index in [0.29, 0.717) is 22.3 Å². The largest absolute Gasteiger partial charge is 0.351 e. The normalized spacial score (nSPS) is 14.4. The second kappa shape index (κ2) is 5.59. The zero-order chi connectivity index (χ0) is 16.0. The van der Waals surface area contributed by atoms with Crippen molar-refractivity contribution < 1.29 is 4.79 Å². The van der Waals surface area contributed by atoms with Crippen LogP contribution in [0.5, 0.6) is 0 Å². The summed E-state index contributed by atoms with van der Waals surface area (Å²) in [5.41, 5.74) is 3.79. The van der Waals surface area contributed by atoms with Gasteiger partial charge < -0.3 is 9.88 Å². The summed E-state index contributed by atoms with van der Waals surface area (Å²) < 4.78 is 2.10. The minimum Gasteiger partial charge on any atom is -0.351 e. The van der Waals surface area contributed by atoms with E-state index in [1.54, 1.807) is 0 Å². The number of aryl methyl sites for hydroxylation is 1. The van der Waals surface area contributed by atoms with Crippen LogP contribution in [0.2, 0.25) is 10.0 Å². The Morgan fingerprint density at radius 2 is 1.78 bits per heavy atom. The van der Waals surface area contributed by atoms with E-state index < -0.39 is 0 Å². The lowest BCUT2D eigenvalue weighted by Crippen LogP contribution is -2.22. The summed E-state index contributed by atoms with van der Waals surface area (Å²) in [7, 11) is 0. The van der Waals surface area contributed by atoms with Crippen LogP contribution in [-0.4, -0.2) is 17.0 Å². The number of fused-ring (bicyclic) bond motifs is 3. The van der Waals surface area contributed by atoms with E-state index in [1.165, 1.54) is 0 Å². The molecule has 3 aromatic rings. The van der Waals surface area contributed by atoms with Crippen molar-refractivity contribution >= 4 is 40.0 Å². The van der Waals surface area contributed by atoms with E-state index in [0.717, 1.165) is 35.0 Å². The van der Waals surface area contributed by atoms with E-state index in [4.69, 9.17) is 23.2 Å².